The topological polar surface area (TPSA) is 40.5 Å². The van der Waals surface area contributed by atoms with Gasteiger partial charge in [-0.3, -0.25) is 4.79 Å². The molecule has 0 radical (unpaired) electrons. The van der Waals surface area contributed by atoms with Crippen LogP contribution in [0.4, 0.5) is 5.69 Å². The number of hydrogen-bond acceptors (Lipinski definition) is 2. The lowest BCUT2D eigenvalue weighted by atomic mass is 9.98. The third-order valence-corrected chi connectivity index (χ3v) is 4.32. The van der Waals surface area contributed by atoms with Crippen LogP contribution in [-0.2, 0) is 11.2 Å². The minimum absolute atomic E-state index is 0.0566. The fraction of sp³-hybridized carbons (Fsp3) is 0.188. The predicted molar refractivity (Wildman–Crippen MR) is 84.1 cm³/mol. The van der Waals surface area contributed by atoms with Gasteiger partial charge >= 0.3 is 0 Å². The molecule has 0 saturated carbocycles. The third kappa shape index (κ3) is 2.53. The van der Waals surface area contributed by atoms with E-state index < -0.39 is 6.10 Å². The maximum atomic E-state index is 11.7. The van der Waals surface area contributed by atoms with Gasteiger partial charge < -0.3 is 10.0 Å². The molecule has 1 heterocycles. The van der Waals surface area contributed by atoms with E-state index in [-0.39, 0.29) is 5.91 Å². The standard InChI is InChI=1S/C16H13Cl2NO2/c1-19-14-5-2-9(6-10(14)7-15(19)20)16(21)12-4-3-11(17)8-13(12)18/h2-6,8,16,21H,7H2,1H3. The number of likely N-dealkylation sites (N-methyl/N-ethyl adjacent to an activating group) is 1. The number of carbonyl (C=O) groups is 1. The van der Waals surface area contributed by atoms with Gasteiger partial charge in [0.1, 0.15) is 6.10 Å². The molecule has 0 fully saturated rings. The van der Waals surface area contributed by atoms with E-state index in [0.717, 1.165) is 11.3 Å². The molecule has 0 saturated heterocycles. The Hall–Kier alpha value is -1.55. The van der Waals surface area contributed by atoms with Gasteiger partial charge in [0.2, 0.25) is 5.91 Å². The van der Waals surface area contributed by atoms with E-state index in [1.54, 1.807) is 30.1 Å². The Kier molecular flexibility index (Phi) is 3.66. The van der Waals surface area contributed by atoms with Crippen LogP contribution in [0, 0.1) is 0 Å². The number of amides is 1. The normalized spacial score (nSPS) is 15.2. The van der Waals surface area contributed by atoms with E-state index >= 15 is 0 Å². The minimum atomic E-state index is -0.846. The maximum Gasteiger partial charge on any atom is 0.231 e. The van der Waals surface area contributed by atoms with E-state index in [4.69, 9.17) is 23.2 Å². The molecule has 3 nitrogen and oxygen atoms in total. The van der Waals surface area contributed by atoms with Crippen molar-refractivity contribution in [3.63, 3.8) is 0 Å². The first-order valence-electron chi connectivity index (χ1n) is 6.50. The van der Waals surface area contributed by atoms with Crippen molar-refractivity contribution in [3.8, 4) is 0 Å². The average Bonchev–Trinajstić information content (AvgIpc) is 2.73. The highest BCUT2D eigenvalue weighted by Gasteiger charge is 2.25. The highest BCUT2D eigenvalue weighted by Crippen LogP contribution is 2.34. The first kappa shape index (κ1) is 14.4. The van der Waals surface area contributed by atoms with Gasteiger partial charge in [0.15, 0.2) is 0 Å². The lowest BCUT2D eigenvalue weighted by molar-refractivity contribution is -0.117. The third-order valence-electron chi connectivity index (χ3n) is 3.75. The summed E-state index contributed by atoms with van der Waals surface area (Å²) in [6.07, 6.45) is -0.484. The molecule has 1 amide bonds. The molecule has 1 unspecified atom stereocenters. The van der Waals surface area contributed by atoms with E-state index in [0.29, 0.717) is 27.6 Å². The summed E-state index contributed by atoms with van der Waals surface area (Å²) in [5.41, 5.74) is 3.11. The fourth-order valence-electron chi connectivity index (χ4n) is 2.56. The van der Waals surface area contributed by atoms with Crippen LogP contribution in [0.5, 0.6) is 0 Å². The van der Waals surface area contributed by atoms with Gasteiger partial charge in [0.25, 0.3) is 0 Å². The van der Waals surface area contributed by atoms with Crippen LogP contribution in [0.3, 0.4) is 0 Å². The van der Waals surface area contributed by atoms with Crippen molar-refractivity contribution in [1.82, 2.24) is 0 Å². The van der Waals surface area contributed by atoms with Crippen molar-refractivity contribution in [2.45, 2.75) is 12.5 Å². The van der Waals surface area contributed by atoms with Gasteiger partial charge in [-0.2, -0.15) is 0 Å². The molecule has 2 aromatic carbocycles. The number of rotatable bonds is 2. The van der Waals surface area contributed by atoms with E-state index in [1.165, 1.54) is 0 Å². The number of nitrogens with zero attached hydrogens (tertiary/aromatic N) is 1. The Balaban J connectivity index is 1.98. The van der Waals surface area contributed by atoms with E-state index in [2.05, 4.69) is 0 Å². The quantitative estimate of drug-likeness (QED) is 0.918. The maximum absolute atomic E-state index is 11.7. The molecule has 5 heteroatoms. The summed E-state index contributed by atoms with van der Waals surface area (Å²) in [6.45, 7) is 0. The molecule has 3 rings (SSSR count). The monoisotopic (exact) mass is 321 g/mol. The lowest BCUT2D eigenvalue weighted by Gasteiger charge is -2.15. The minimum Gasteiger partial charge on any atom is -0.384 e. The van der Waals surface area contributed by atoms with E-state index in [9.17, 15) is 9.90 Å². The highest BCUT2D eigenvalue weighted by atomic mass is 35.5. The number of halogens is 2. The van der Waals surface area contributed by atoms with Crippen LogP contribution in [-0.4, -0.2) is 18.1 Å². The smallest absolute Gasteiger partial charge is 0.231 e. The lowest BCUT2D eigenvalue weighted by Crippen LogP contribution is -2.20. The molecule has 1 aliphatic heterocycles. The van der Waals surface area contributed by atoms with Crippen molar-refractivity contribution < 1.29 is 9.90 Å². The predicted octanol–water partition coefficient (Wildman–Crippen LogP) is 3.59. The van der Waals surface area contributed by atoms with Gasteiger partial charge in [-0.1, -0.05) is 41.4 Å². The van der Waals surface area contributed by atoms with Gasteiger partial charge in [0.05, 0.1) is 6.42 Å². The Morgan fingerprint density at radius 1 is 1.19 bits per heavy atom. The highest BCUT2D eigenvalue weighted by molar-refractivity contribution is 6.35. The number of aliphatic hydroxyl groups is 1. The Morgan fingerprint density at radius 2 is 1.95 bits per heavy atom. The number of aliphatic hydroxyl groups excluding tert-OH is 1. The van der Waals surface area contributed by atoms with Gasteiger partial charge in [-0.15, -0.1) is 0 Å². The van der Waals surface area contributed by atoms with Crippen molar-refractivity contribution >= 4 is 34.8 Å². The zero-order chi connectivity index (χ0) is 15.1. The summed E-state index contributed by atoms with van der Waals surface area (Å²) >= 11 is 12.0. The first-order valence-corrected chi connectivity index (χ1v) is 7.25. The first-order chi connectivity index (χ1) is 9.97. The Morgan fingerprint density at radius 3 is 2.67 bits per heavy atom. The second kappa shape index (κ2) is 5.34. The molecule has 21 heavy (non-hydrogen) atoms. The van der Waals surface area contributed by atoms with Crippen LogP contribution >= 0.6 is 23.2 Å². The molecule has 1 N–H and O–H groups in total. The molecule has 108 valence electrons. The largest absolute Gasteiger partial charge is 0.384 e. The summed E-state index contributed by atoms with van der Waals surface area (Å²) in [4.78, 5) is 13.3. The molecule has 2 aromatic rings. The zero-order valence-electron chi connectivity index (χ0n) is 11.3. The van der Waals surface area contributed by atoms with Gasteiger partial charge in [-0.25, -0.2) is 0 Å². The molecule has 0 bridgehead atoms. The van der Waals surface area contributed by atoms with Crippen LogP contribution in [0.15, 0.2) is 36.4 Å². The molecule has 0 aliphatic carbocycles. The molecular weight excluding hydrogens is 309 g/mol. The van der Waals surface area contributed by atoms with Crippen LogP contribution in [0.2, 0.25) is 10.0 Å². The van der Waals surface area contributed by atoms with Crippen LogP contribution in [0.1, 0.15) is 22.8 Å². The average molecular weight is 322 g/mol. The Labute approximate surface area is 132 Å². The van der Waals surface area contributed by atoms with Crippen molar-refractivity contribution in [3.05, 3.63) is 63.1 Å². The molecule has 1 atom stereocenters. The fourth-order valence-corrected chi connectivity index (χ4v) is 3.07. The van der Waals surface area contributed by atoms with E-state index in [1.807, 2.05) is 18.2 Å². The number of carbonyl (C=O) groups excluding carboxylic acids is 1. The Bertz CT molecular complexity index is 730. The number of hydrogen-bond donors (Lipinski definition) is 1. The number of fused-ring (bicyclic) bond motifs is 1. The summed E-state index contributed by atoms with van der Waals surface area (Å²) in [6, 6.07) is 10.5. The van der Waals surface area contributed by atoms with Gasteiger partial charge in [-0.05, 0) is 29.3 Å². The molecule has 1 aliphatic rings. The SMILES string of the molecule is CN1C(=O)Cc2cc(C(O)c3ccc(Cl)cc3Cl)ccc21. The summed E-state index contributed by atoms with van der Waals surface area (Å²) in [5.74, 6) is 0.0566. The van der Waals surface area contributed by atoms with Crippen molar-refractivity contribution in [1.29, 1.82) is 0 Å². The number of benzene rings is 2. The summed E-state index contributed by atoms with van der Waals surface area (Å²) < 4.78 is 0. The number of anilines is 1. The van der Waals surface area contributed by atoms with Crippen LogP contribution < -0.4 is 4.90 Å². The summed E-state index contributed by atoms with van der Waals surface area (Å²) in [7, 11) is 1.75. The molecule has 0 spiro atoms. The van der Waals surface area contributed by atoms with Crippen molar-refractivity contribution in [2.24, 2.45) is 0 Å². The van der Waals surface area contributed by atoms with Gasteiger partial charge in [0, 0.05) is 28.3 Å². The molecule has 0 aromatic heterocycles. The second-order valence-electron chi connectivity index (χ2n) is 5.09. The van der Waals surface area contributed by atoms with Crippen LogP contribution in [0.25, 0.3) is 0 Å². The van der Waals surface area contributed by atoms with Crippen molar-refractivity contribution in [2.75, 3.05) is 11.9 Å². The second-order valence-corrected chi connectivity index (χ2v) is 5.93. The zero-order valence-corrected chi connectivity index (χ0v) is 12.8. The summed E-state index contributed by atoms with van der Waals surface area (Å²) in [5, 5.41) is 11.4. The molecular formula is C16H13Cl2NO2.